The Balaban J connectivity index is 1.58. The molecule has 0 atom stereocenters. The Hall–Kier alpha value is -4.33. The topological polar surface area (TPSA) is 67.7 Å². The third-order valence-corrected chi connectivity index (χ3v) is 5.32. The molecule has 2 N–H and O–H groups in total. The van der Waals surface area contributed by atoms with Crippen molar-refractivity contribution in [3.63, 3.8) is 0 Å². The van der Waals surface area contributed by atoms with Crippen LogP contribution in [0.15, 0.2) is 73.3 Å². The monoisotopic (exact) mass is 442 g/mol. The lowest BCUT2D eigenvalue weighted by Gasteiger charge is -2.13. The summed E-state index contributed by atoms with van der Waals surface area (Å²) in [4.78, 5) is 13.5. The number of halogens is 2. The van der Waals surface area contributed by atoms with Gasteiger partial charge in [-0.3, -0.25) is 0 Å². The number of anilines is 4. The van der Waals surface area contributed by atoms with Gasteiger partial charge in [-0.2, -0.15) is 4.98 Å². The number of para-hydroxylation sites is 2. The lowest BCUT2D eigenvalue weighted by Crippen LogP contribution is -2.05. The van der Waals surface area contributed by atoms with Gasteiger partial charge in [-0.15, -0.1) is 6.58 Å². The molecule has 0 aliphatic rings. The van der Waals surface area contributed by atoms with Gasteiger partial charge in [0.05, 0.1) is 16.6 Å². The van der Waals surface area contributed by atoms with E-state index in [1.54, 1.807) is 0 Å². The zero-order chi connectivity index (χ0) is 22.9. The summed E-state index contributed by atoms with van der Waals surface area (Å²) in [5, 5.41) is 6.78. The highest BCUT2D eigenvalue weighted by molar-refractivity contribution is 5.93. The number of hydrogen-bond donors (Lipinski definition) is 2. The van der Waals surface area contributed by atoms with Crippen molar-refractivity contribution in [2.75, 3.05) is 10.6 Å². The highest BCUT2D eigenvalue weighted by Crippen LogP contribution is 2.29. The molecule has 8 heteroatoms. The van der Waals surface area contributed by atoms with E-state index in [2.05, 4.69) is 36.7 Å². The van der Waals surface area contributed by atoms with Crippen LogP contribution in [-0.4, -0.2) is 19.5 Å². The summed E-state index contributed by atoms with van der Waals surface area (Å²) in [7, 11) is 0. The first-order valence-electron chi connectivity index (χ1n) is 10.4. The first-order valence-corrected chi connectivity index (χ1v) is 10.4. The third kappa shape index (κ3) is 3.87. The summed E-state index contributed by atoms with van der Waals surface area (Å²) in [5.74, 6) is 0.0302. The molecule has 2 heterocycles. The summed E-state index contributed by atoms with van der Waals surface area (Å²) in [6.07, 6.45) is 1.83. The average molecular weight is 442 g/mol. The van der Waals surface area contributed by atoms with E-state index in [9.17, 15) is 8.78 Å². The van der Waals surface area contributed by atoms with Crippen molar-refractivity contribution >= 4 is 45.1 Å². The lowest BCUT2D eigenvalue weighted by molar-refractivity contribution is 0.590. The van der Waals surface area contributed by atoms with E-state index < -0.39 is 11.6 Å². The van der Waals surface area contributed by atoms with Gasteiger partial charge >= 0.3 is 0 Å². The average Bonchev–Trinajstić information content (AvgIpc) is 3.11. The largest absolute Gasteiger partial charge is 0.339 e. The zero-order valence-electron chi connectivity index (χ0n) is 17.8. The van der Waals surface area contributed by atoms with E-state index in [-0.39, 0.29) is 11.6 Å². The molecule has 0 saturated carbocycles. The Kier molecular flexibility index (Phi) is 5.18. The quantitative estimate of drug-likeness (QED) is 0.305. The molecule has 0 bridgehead atoms. The van der Waals surface area contributed by atoms with Gasteiger partial charge in [-0.25, -0.2) is 18.7 Å². The van der Waals surface area contributed by atoms with Crippen LogP contribution in [0, 0.1) is 18.6 Å². The summed E-state index contributed by atoms with van der Waals surface area (Å²) < 4.78 is 30.4. The van der Waals surface area contributed by atoms with Crippen LogP contribution < -0.4 is 10.6 Å². The van der Waals surface area contributed by atoms with Crippen LogP contribution in [0.3, 0.4) is 0 Å². The van der Waals surface area contributed by atoms with Crippen molar-refractivity contribution in [3.05, 3.63) is 90.8 Å². The molecule has 0 fully saturated rings. The molecule has 0 aliphatic heterocycles. The second kappa shape index (κ2) is 8.31. The molecule has 0 unspecified atom stereocenters. The minimum atomic E-state index is -0.724. The molecule has 0 saturated heterocycles. The van der Waals surface area contributed by atoms with Crippen molar-refractivity contribution in [2.24, 2.45) is 0 Å². The van der Waals surface area contributed by atoms with E-state index >= 15 is 0 Å². The molecule has 0 spiro atoms. The number of rotatable bonds is 6. The van der Waals surface area contributed by atoms with Gasteiger partial charge in [0, 0.05) is 17.6 Å². The maximum absolute atomic E-state index is 14.2. The Labute approximate surface area is 188 Å². The van der Waals surface area contributed by atoms with Gasteiger partial charge in [0.2, 0.25) is 5.95 Å². The SMILES string of the molecule is C=CCn1c(C)nc2ccc(Nc3nc(Nc4c(F)cccc4F)nc4ccccc34)cc21. The molecule has 3 aromatic carbocycles. The number of fused-ring (bicyclic) bond motifs is 2. The minimum absolute atomic E-state index is 0.0776. The number of nitrogens with one attached hydrogen (secondary N) is 2. The number of aryl methyl sites for hydroxylation is 1. The second-order valence-electron chi connectivity index (χ2n) is 7.52. The summed E-state index contributed by atoms with van der Waals surface area (Å²) >= 11 is 0. The third-order valence-electron chi connectivity index (χ3n) is 5.32. The van der Waals surface area contributed by atoms with Crippen LogP contribution in [0.25, 0.3) is 21.9 Å². The number of imidazole rings is 1. The van der Waals surface area contributed by atoms with Gasteiger partial charge < -0.3 is 15.2 Å². The van der Waals surface area contributed by atoms with Crippen LogP contribution in [0.1, 0.15) is 5.82 Å². The predicted octanol–water partition coefficient (Wildman–Crippen LogP) is 6.24. The molecule has 164 valence electrons. The van der Waals surface area contributed by atoms with Gasteiger partial charge in [0.25, 0.3) is 0 Å². The van der Waals surface area contributed by atoms with Crippen LogP contribution in [0.2, 0.25) is 0 Å². The van der Waals surface area contributed by atoms with E-state index in [0.29, 0.717) is 17.9 Å². The number of allylic oxidation sites excluding steroid dienone is 1. The zero-order valence-corrected chi connectivity index (χ0v) is 17.8. The smallest absolute Gasteiger partial charge is 0.229 e. The molecule has 5 rings (SSSR count). The van der Waals surface area contributed by atoms with Crippen molar-refractivity contribution in [1.82, 2.24) is 19.5 Å². The first kappa shape index (κ1) is 20.6. The Morgan fingerprint density at radius 1 is 0.909 bits per heavy atom. The highest BCUT2D eigenvalue weighted by Gasteiger charge is 2.14. The predicted molar refractivity (Wildman–Crippen MR) is 127 cm³/mol. The lowest BCUT2D eigenvalue weighted by atomic mass is 10.2. The molecule has 6 nitrogen and oxygen atoms in total. The number of benzene rings is 3. The number of hydrogen-bond acceptors (Lipinski definition) is 5. The fourth-order valence-electron chi connectivity index (χ4n) is 3.77. The Morgan fingerprint density at radius 2 is 1.70 bits per heavy atom. The van der Waals surface area contributed by atoms with Crippen LogP contribution in [0.4, 0.5) is 31.9 Å². The van der Waals surface area contributed by atoms with Crippen molar-refractivity contribution < 1.29 is 8.78 Å². The summed E-state index contributed by atoms with van der Waals surface area (Å²) in [5.41, 5.74) is 2.96. The van der Waals surface area contributed by atoms with Crippen molar-refractivity contribution in [2.45, 2.75) is 13.5 Å². The van der Waals surface area contributed by atoms with Crippen molar-refractivity contribution in [3.8, 4) is 0 Å². The van der Waals surface area contributed by atoms with Gasteiger partial charge in [-0.1, -0.05) is 24.3 Å². The van der Waals surface area contributed by atoms with Crippen LogP contribution in [0.5, 0.6) is 0 Å². The minimum Gasteiger partial charge on any atom is -0.339 e. The van der Waals surface area contributed by atoms with E-state index in [4.69, 9.17) is 0 Å². The maximum Gasteiger partial charge on any atom is 0.229 e. The van der Waals surface area contributed by atoms with E-state index in [1.165, 1.54) is 18.2 Å². The maximum atomic E-state index is 14.2. The molecular formula is C25H20F2N6. The molecule has 33 heavy (non-hydrogen) atoms. The molecule has 5 aromatic rings. The molecule has 0 radical (unpaired) electrons. The fourth-order valence-corrected chi connectivity index (χ4v) is 3.77. The van der Waals surface area contributed by atoms with Crippen LogP contribution in [-0.2, 0) is 6.54 Å². The molecular weight excluding hydrogens is 422 g/mol. The van der Waals surface area contributed by atoms with E-state index in [0.717, 1.165) is 27.9 Å². The van der Waals surface area contributed by atoms with Crippen molar-refractivity contribution in [1.29, 1.82) is 0 Å². The van der Waals surface area contributed by atoms with Gasteiger partial charge in [-0.05, 0) is 49.4 Å². The van der Waals surface area contributed by atoms with E-state index in [1.807, 2.05) is 55.5 Å². The van der Waals surface area contributed by atoms with Gasteiger partial charge in [0.15, 0.2) is 0 Å². The summed E-state index contributed by atoms with van der Waals surface area (Å²) in [6, 6.07) is 16.9. The highest BCUT2D eigenvalue weighted by atomic mass is 19.1. The molecule has 0 aliphatic carbocycles. The second-order valence-corrected chi connectivity index (χ2v) is 7.52. The molecule has 0 amide bonds. The van der Waals surface area contributed by atoms with Gasteiger partial charge in [0.1, 0.15) is 29.0 Å². The summed E-state index contributed by atoms with van der Waals surface area (Å²) in [6.45, 7) is 6.42. The first-order chi connectivity index (χ1) is 16.0. The number of aromatic nitrogens is 4. The normalized spacial score (nSPS) is 11.1. The van der Waals surface area contributed by atoms with Crippen LogP contribution >= 0.6 is 0 Å². The Morgan fingerprint density at radius 3 is 2.48 bits per heavy atom. The standard InChI is InChI=1S/C25H20F2N6/c1-3-13-33-15(2)28-21-12-11-16(14-22(21)33)29-24-17-7-4-5-10-20(17)30-25(32-24)31-23-18(26)8-6-9-19(23)27/h3-12,14H,1,13H2,2H3,(H2,29,30,31,32). The Bertz CT molecular complexity index is 1490. The fraction of sp³-hybridized carbons (Fsp3) is 0.0800. The number of nitrogens with zero attached hydrogens (tertiary/aromatic N) is 4. The molecule has 2 aromatic heterocycles.